The molecule has 0 aromatic carbocycles. The van der Waals surface area contributed by atoms with Gasteiger partial charge < -0.3 is 10.6 Å². The van der Waals surface area contributed by atoms with Gasteiger partial charge in [0, 0.05) is 18.7 Å². The van der Waals surface area contributed by atoms with E-state index in [1.165, 1.54) is 0 Å². The maximum Gasteiger partial charge on any atom is 0.225 e. The molecule has 0 saturated carbocycles. The van der Waals surface area contributed by atoms with E-state index in [0.717, 1.165) is 5.69 Å². The van der Waals surface area contributed by atoms with E-state index >= 15 is 0 Å². The molecule has 0 aliphatic carbocycles. The van der Waals surface area contributed by atoms with Gasteiger partial charge in [0.25, 0.3) is 0 Å². The highest BCUT2D eigenvalue weighted by atomic mass is 16.2. The first kappa shape index (κ1) is 11.1. The first-order chi connectivity index (χ1) is 7.51. The van der Waals surface area contributed by atoms with Crippen molar-refractivity contribution in [3.05, 3.63) is 30.1 Å². The second-order valence-corrected chi connectivity index (χ2v) is 4.77. The second kappa shape index (κ2) is 3.87. The number of nitrogens with two attached hydrogens (primary N) is 1. The van der Waals surface area contributed by atoms with Crippen LogP contribution in [0.2, 0.25) is 0 Å². The molecule has 1 aromatic rings. The van der Waals surface area contributed by atoms with Crippen LogP contribution < -0.4 is 5.73 Å². The van der Waals surface area contributed by atoms with Gasteiger partial charge >= 0.3 is 0 Å². The van der Waals surface area contributed by atoms with E-state index in [4.69, 9.17) is 5.73 Å². The van der Waals surface area contributed by atoms with E-state index < -0.39 is 0 Å². The number of rotatable bonds is 2. The molecule has 1 saturated heterocycles. The SMILES string of the molecule is CC1(C)C(N)CC(=O)N1Cc1ccccn1. The van der Waals surface area contributed by atoms with Crippen molar-refractivity contribution in [2.75, 3.05) is 0 Å². The molecule has 1 aliphatic heterocycles. The zero-order valence-electron chi connectivity index (χ0n) is 9.68. The van der Waals surface area contributed by atoms with Crippen molar-refractivity contribution in [1.29, 1.82) is 0 Å². The Balaban J connectivity index is 2.19. The van der Waals surface area contributed by atoms with Crippen molar-refractivity contribution in [2.24, 2.45) is 5.73 Å². The number of carbonyl (C=O) groups is 1. The fraction of sp³-hybridized carbons (Fsp3) is 0.500. The van der Waals surface area contributed by atoms with Crippen molar-refractivity contribution < 1.29 is 4.79 Å². The van der Waals surface area contributed by atoms with Crippen LogP contribution in [0.3, 0.4) is 0 Å². The molecular weight excluding hydrogens is 202 g/mol. The third kappa shape index (κ3) is 1.80. The monoisotopic (exact) mass is 219 g/mol. The summed E-state index contributed by atoms with van der Waals surface area (Å²) in [6, 6.07) is 5.62. The Labute approximate surface area is 95.5 Å². The van der Waals surface area contributed by atoms with Crippen LogP contribution >= 0.6 is 0 Å². The molecule has 0 spiro atoms. The molecule has 86 valence electrons. The summed E-state index contributed by atoms with van der Waals surface area (Å²) in [7, 11) is 0. The smallest absolute Gasteiger partial charge is 0.225 e. The van der Waals surface area contributed by atoms with Crippen LogP contribution in [-0.4, -0.2) is 27.4 Å². The fourth-order valence-electron chi connectivity index (χ4n) is 2.02. The molecule has 0 bridgehead atoms. The number of aromatic nitrogens is 1. The zero-order chi connectivity index (χ0) is 11.8. The quantitative estimate of drug-likeness (QED) is 0.804. The van der Waals surface area contributed by atoms with Gasteiger partial charge in [-0.3, -0.25) is 9.78 Å². The Hall–Kier alpha value is -1.42. The van der Waals surface area contributed by atoms with Crippen LogP contribution in [0.25, 0.3) is 0 Å². The van der Waals surface area contributed by atoms with Gasteiger partial charge in [-0.2, -0.15) is 0 Å². The van der Waals surface area contributed by atoms with Crippen LogP contribution in [0, 0.1) is 0 Å². The number of likely N-dealkylation sites (tertiary alicyclic amines) is 1. The average molecular weight is 219 g/mol. The Kier molecular flexibility index (Phi) is 2.68. The zero-order valence-corrected chi connectivity index (χ0v) is 9.68. The van der Waals surface area contributed by atoms with Gasteiger partial charge in [0.15, 0.2) is 0 Å². The Bertz CT molecular complexity index is 389. The molecule has 4 heteroatoms. The van der Waals surface area contributed by atoms with E-state index in [1.54, 1.807) is 6.20 Å². The van der Waals surface area contributed by atoms with Gasteiger partial charge in [0.05, 0.1) is 17.8 Å². The first-order valence-electron chi connectivity index (χ1n) is 5.48. The Morgan fingerprint density at radius 2 is 2.31 bits per heavy atom. The van der Waals surface area contributed by atoms with E-state index in [1.807, 2.05) is 36.9 Å². The van der Waals surface area contributed by atoms with Crippen LogP contribution in [0.5, 0.6) is 0 Å². The van der Waals surface area contributed by atoms with Gasteiger partial charge in [-0.1, -0.05) is 6.07 Å². The van der Waals surface area contributed by atoms with Crippen LogP contribution in [-0.2, 0) is 11.3 Å². The summed E-state index contributed by atoms with van der Waals surface area (Å²) in [4.78, 5) is 17.9. The minimum Gasteiger partial charge on any atom is -0.330 e. The molecule has 1 aromatic heterocycles. The van der Waals surface area contributed by atoms with Crippen molar-refractivity contribution >= 4 is 5.91 Å². The molecule has 2 rings (SSSR count). The minimum absolute atomic E-state index is 0.0938. The third-order valence-corrected chi connectivity index (χ3v) is 3.34. The Morgan fingerprint density at radius 1 is 1.56 bits per heavy atom. The topological polar surface area (TPSA) is 59.2 Å². The lowest BCUT2D eigenvalue weighted by Gasteiger charge is -2.34. The second-order valence-electron chi connectivity index (χ2n) is 4.77. The van der Waals surface area contributed by atoms with Crippen LogP contribution in [0.4, 0.5) is 0 Å². The lowest BCUT2D eigenvalue weighted by molar-refractivity contribution is -0.131. The van der Waals surface area contributed by atoms with Gasteiger partial charge in [0.1, 0.15) is 0 Å². The maximum atomic E-state index is 11.8. The van der Waals surface area contributed by atoms with Gasteiger partial charge in [0.2, 0.25) is 5.91 Å². The fourth-order valence-corrected chi connectivity index (χ4v) is 2.02. The molecule has 16 heavy (non-hydrogen) atoms. The first-order valence-corrected chi connectivity index (χ1v) is 5.48. The third-order valence-electron chi connectivity index (χ3n) is 3.34. The summed E-state index contributed by atoms with van der Waals surface area (Å²) < 4.78 is 0. The highest BCUT2D eigenvalue weighted by Crippen LogP contribution is 2.29. The number of nitrogens with zero attached hydrogens (tertiary/aromatic N) is 2. The molecule has 2 heterocycles. The molecule has 2 N–H and O–H groups in total. The average Bonchev–Trinajstić information content (AvgIpc) is 2.43. The van der Waals surface area contributed by atoms with E-state index in [0.29, 0.717) is 13.0 Å². The molecule has 1 fully saturated rings. The molecule has 1 aliphatic rings. The van der Waals surface area contributed by atoms with Crippen molar-refractivity contribution in [2.45, 2.75) is 38.4 Å². The Morgan fingerprint density at radius 3 is 2.81 bits per heavy atom. The molecule has 1 amide bonds. The number of hydrogen-bond acceptors (Lipinski definition) is 3. The van der Waals surface area contributed by atoms with E-state index in [9.17, 15) is 4.79 Å². The summed E-state index contributed by atoms with van der Waals surface area (Å²) in [6.45, 7) is 4.55. The highest BCUT2D eigenvalue weighted by molar-refractivity contribution is 5.80. The summed E-state index contributed by atoms with van der Waals surface area (Å²) in [5.74, 6) is 0.114. The normalized spacial score (nSPS) is 23.8. The lowest BCUT2D eigenvalue weighted by atomic mass is 9.97. The standard InChI is InChI=1S/C12H17N3O/c1-12(2)10(13)7-11(16)15(12)8-9-5-3-4-6-14-9/h3-6,10H,7-8,13H2,1-2H3. The minimum atomic E-state index is -0.283. The predicted molar refractivity (Wildman–Crippen MR) is 61.5 cm³/mol. The predicted octanol–water partition coefficient (Wildman–Crippen LogP) is 0.920. The van der Waals surface area contributed by atoms with E-state index in [2.05, 4.69) is 4.98 Å². The maximum absolute atomic E-state index is 11.8. The molecule has 1 atom stereocenters. The largest absolute Gasteiger partial charge is 0.330 e. The lowest BCUT2D eigenvalue weighted by Crippen LogP contribution is -2.49. The van der Waals surface area contributed by atoms with Crippen LogP contribution in [0.15, 0.2) is 24.4 Å². The molecule has 4 nitrogen and oxygen atoms in total. The summed E-state index contributed by atoms with van der Waals surface area (Å²) in [5.41, 5.74) is 6.58. The van der Waals surface area contributed by atoms with Gasteiger partial charge in [-0.25, -0.2) is 0 Å². The number of carbonyl (C=O) groups excluding carboxylic acids is 1. The molecule has 1 unspecified atom stereocenters. The summed E-state index contributed by atoms with van der Waals surface area (Å²) >= 11 is 0. The molecule has 0 radical (unpaired) electrons. The van der Waals surface area contributed by atoms with E-state index in [-0.39, 0.29) is 17.5 Å². The van der Waals surface area contributed by atoms with Gasteiger partial charge in [-0.05, 0) is 26.0 Å². The number of amides is 1. The van der Waals surface area contributed by atoms with Crippen molar-refractivity contribution in [3.8, 4) is 0 Å². The van der Waals surface area contributed by atoms with Crippen molar-refractivity contribution in [3.63, 3.8) is 0 Å². The highest BCUT2D eigenvalue weighted by Gasteiger charge is 2.44. The summed E-state index contributed by atoms with van der Waals surface area (Å²) in [6.07, 6.45) is 2.17. The number of hydrogen-bond donors (Lipinski definition) is 1. The van der Waals surface area contributed by atoms with Crippen molar-refractivity contribution in [1.82, 2.24) is 9.88 Å². The van der Waals surface area contributed by atoms with Gasteiger partial charge in [-0.15, -0.1) is 0 Å². The molecular formula is C12H17N3O. The number of pyridine rings is 1. The summed E-state index contributed by atoms with van der Waals surface area (Å²) in [5, 5.41) is 0. The van der Waals surface area contributed by atoms with Crippen LogP contribution in [0.1, 0.15) is 26.0 Å².